The van der Waals surface area contributed by atoms with Gasteiger partial charge in [-0.3, -0.25) is 4.31 Å². The number of benzene rings is 2. The molecule has 1 atom stereocenters. The third kappa shape index (κ3) is 5.08. The highest BCUT2D eigenvalue weighted by Crippen LogP contribution is 2.40. The Bertz CT molecular complexity index is 1070. The summed E-state index contributed by atoms with van der Waals surface area (Å²) in [7, 11) is -4.03. The molecule has 0 fully saturated rings. The molecule has 6 nitrogen and oxygen atoms in total. The minimum atomic E-state index is -4.03. The van der Waals surface area contributed by atoms with Crippen LogP contribution in [0.15, 0.2) is 76.9 Å². The monoisotopic (exact) mass is 471 g/mol. The standard InChI is InChI=1S/C26H33NO5S/c1-4-17-26(18-5-2)19-23(28)24(25(29)32-26)22(6-3)27(20-13-9-7-10-14-20)33(30,31)21-15-11-8-12-16-21/h7-16,22,28H,4-6,17-19H2,1-3H3. The topological polar surface area (TPSA) is 83.9 Å². The number of cyclic esters (lactones) is 1. The van der Waals surface area contributed by atoms with Crippen molar-refractivity contribution in [1.29, 1.82) is 0 Å². The lowest BCUT2D eigenvalue weighted by molar-refractivity contribution is -0.161. The summed E-state index contributed by atoms with van der Waals surface area (Å²) in [6.07, 6.45) is 3.39. The van der Waals surface area contributed by atoms with Gasteiger partial charge in [-0.05, 0) is 43.5 Å². The summed E-state index contributed by atoms with van der Waals surface area (Å²) >= 11 is 0. The average molecular weight is 472 g/mol. The van der Waals surface area contributed by atoms with Gasteiger partial charge in [0.25, 0.3) is 10.0 Å². The van der Waals surface area contributed by atoms with E-state index in [4.69, 9.17) is 4.74 Å². The van der Waals surface area contributed by atoms with Crippen LogP contribution in [0.1, 0.15) is 59.3 Å². The molecule has 0 aliphatic carbocycles. The molecule has 0 saturated heterocycles. The zero-order valence-electron chi connectivity index (χ0n) is 19.5. The molecular weight excluding hydrogens is 438 g/mol. The van der Waals surface area contributed by atoms with Crippen LogP contribution in [-0.2, 0) is 19.6 Å². The summed E-state index contributed by atoms with van der Waals surface area (Å²) in [5.74, 6) is -0.721. The maximum absolute atomic E-state index is 13.8. The zero-order chi connectivity index (χ0) is 24.1. The summed E-state index contributed by atoms with van der Waals surface area (Å²) in [5, 5.41) is 11.1. The average Bonchev–Trinajstić information content (AvgIpc) is 2.79. The molecular formula is C26H33NO5S. The summed E-state index contributed by atoms with van der Waals surface area (Å²) < 4.78 is 34.8. The lowest BCUT2D eigenvalue weighted by Gasteiger charge is -2.40. The highest BCUT2D eigenvalue weighted by Gasteiger charge is 2.45. The molecule has 0 spiro atoms. The third-order valence-electron chi connectivity index (χ3n) is 6.05. The van der Waals surface area contributed by atoms with E-state index in [0.717, 1.165) is 12.8 Å². The first kappa shape index (κ1) is 24.8. The van der Waals surface area contributed by atoms with Gasteiger partial charge in [0.1, 0.15) is 11.4 Å². The quantitative estimate of drug-likeness (QED) is 0.446. The number of esters is 1. The number of aliphatic hydroxyl groups is 1. The van der Waals surface area contributed by atoms with Gasteiger partial charge in [-0.1, -0.05) is 70.0 Å². The van der Waals surface area contributed by atoms with Crippen LogP contribution in [0.4, 0.5) is 5.69 Å². The summed E-state index contributed by atoms with van der Waals surface area (Å²) in [4.78, 5) is 13.4. The van der Waals surface area contributed by atoms with Gasteiger partial charge in [-0.2, -0.15) is 0 Å². The molecule has 178 valence electrons. The molecule has 0 amide bonds. The first-order chi connectivity index (χ1) is 15.8. The maximum atomic E-state index is 13.8. The Morgan fingerprint density at radius 1 is 0.970 bits per heavy atom. The molecule has 1 unspecified atom stereocenters. The Kier molecular flexibility index (Phi) is 7.84. The number of nitrogens with zero attached hydrogens (tertiary/aromatic N) is 1. The third-order valence-corrected chi connectivity index (χ3v) is 7.91. The fourth-order valence-electron chi connectivity index (χ4n) is 4.70. The number of aliphatic hydroxyl groups excluding tert-OH is 1. The van der Waals surface area contributed by atoms with Crippen molar-refractivity contribution in [2.75, 3.05) is 4.31 Å². The van der Waals surface area contributed by atoms with E-state index in [1.807, 2.05) is 13.8 Å². The number of carbonyl (C=O) groups excluding carboxylic acids is 1. The minimum absolute atomic E-state index is 0.0173. The Morgan fingerprint density at radius 3 is 2.00 bits per heavy atom. The van der Waals surface area contributed by atoms with Crippen molar-refractivity contribution in [2.24, 2.45) is 0 Å². The van der Waals surface area contributed by atoms with Crippen LogP contribution in [-0.4, -0.2) is 31.1 Å². The number of anilines is 1. The second-order valence-corrected chi connectivity index (χ2v) is 10.3. The summed E-state index contributed by atoms with van der Waals surface area (Å²) in [6, 6.07) is 15.9. The molecule has 0 radical (unpaired) electrons. The molecule has 7 heteroatoms. The molecule has 1 aliphatic heterocycles. The molecule has 0 aromatic heterocycles. The van der Waals surface area contributed by atoms with E-state index in [1.54, 1.807) is 55.5 Å². The number of para-hydroxylation sites is 1. The Morgan fingerprint density at radius 2 is 1.52 bits per heavy atom. The van der Waals surface area contributed by atoms with Crippen molar-refractivity contribution >= 4 is 21.7 Å². The predicted octanol–water partition coefficient (Wildman–Crippen LogP) is 5.76. The first-order valence-electron chi connectivity index (χ1n) is 11.6. The van der Waals surface area contributed by atoms with Crippen molar-refractivity contribution in [3.63, 3.8) is 0 Å². The van der Waals surface area contributed by atoms with Crippen molar-refractivity contribution in [2.45, 2.75) is 75.8 Å². The zero-order valence-corrected chi connectivity index (χ0v) is 20.3. The highest BCUT2D eigenvalue weighted by molar-refractivity contribution is 7.92. The van der Waals surface area contributed by atoms with Gasteiger partial charge in [0.2, 0.25) is 0 Å². The Labute approximate surface area is 196 Å². The number of hydrogen-bond acceptors (Lipinski definition) is 5. The molecule has 0 bridgehead atoms. The van der Waals surface area contributed by atoms with Crippen LogP contribution in [0, 0.1) is 0 Å². The normalized spacial score (nSPS) is 16.9. The van der Waals surface area contributed by atoms with E-state index in [1.165, 1.54) is 16.4 Å². The van der Waals surface area contributed by atoms with Gasteiger partial charge in [-0.25, -0.2) is 13.2 Å². The number of rotatable bonds is 10. The summed E-state index contributed by atoms with van der Waals surface area (Å²) in [6.45, 7) is 5.83. The van der Waals surface area contributed by atoms with Crippen molar-refractivity contribution < 1.29 is 23.1 Å². The first-order valence-corrected chi connectivity index (χ1v) is 13.0. The lowest BCUT2D eigenvalue weighted by Crippen LogP contribution is -2.48. The van der Waals surface area contributed by atoms with Crippen LogP contribution < -0.4 is 4.31 Å². The largest absolute Gasteiger partial charge is 0.512 e. The van der Waals surface area contributed by atoms with Gasteiger partial charge < -0.3 is 9.84 Å². The van der Waals surface area contributed by atoms with E-state index in [2.05, 4.69) is 0 Å². The van der Waals surface area contributed by atoms with Gasteiger partial charge >= 0.3 is 5.97 Å². The van der Waals surface area contributed by atoms with Gasteiger partial charge in [-0.15, -0.1) is 0 Å². The van der Waals surface area contributed by atoms with Crippen LogP contribution in [0.5, 0.6) is 0 Å². The fraction of sp³-hybridized carbons (Fsp3) is 0.423. The van der Waals surface area contributed by atoms with E-state index in [0.29, 0.717) is 18.5 Å². The van der Waals surface area contributed by atoms with E-state index >= 15 is 0 Å². The van der Waals surface area contributed by atoms with E-state index in [-0.39, 0.29) is 29.1 Å². The minimum Gasteiger partial charge on any atom is -0.512 e. The second kappa shape index (κ2) is 10.4. The molecule has 1 heterocycles. The van der Waals surface area contributed by atoms with Crippen LogP contribution >= 0.6 is 0 Å². The Hall–Kier alpha value is -2.80. The van der Waals surface area contributed by atoms with Crippen molar-refractivity contribution in [3.05, 3.63) is 72.0 Å². The molecule has 1 aliphatic rings. The van der Waals surface area contributed by atoms with Crippen LogP contribution in [0.3, 0.4) is 0 Å². The van der Waals surface area contributed by atoms with E-state index < -0.39 is 27.6 Å². The van der Waals surface area contributed by atoms with Crippen molar-refractivity contribution in [3.8, 4) is 0 Å². The Balaban J connectivity index is 2.15. The number of ether oxygens (including phenoxy) is 1. The molecule has 33 heavy (non-hydrogen) atoms. The highest BCUT2D eigenvalue weighted by atomic mass is 32.2. The van der Waals surface area contributed by atoms with Crippen LogP contribution in [0.25, 0.3) is 0 Å². The fourth-order valence-corrected chi connectivity index (χ4v) is 6.42. The van der Waals surface area contributed by atoms with Crippen LogP contribution in [0.2, 0.25) is 0 Å². The predicted molar refractivity (Wildman–Crippen MR) is 130 cm³/mol. The molecule has 2 aromatic rings. The number of hydrogen-bond donors (Lipinski definition) is 1. The molecule has 3 rings (SSSR count). The SMILES string of the molecule is CCCC1(CCC)CC(O)=C(C(CC)N(c2ccccc2)S(=O)(=O)c2ccccc2)C(=O)O1. The number of carbonyl (C=O) groups is 1. The van der Waals surface area contributed by atoms with Gasteiger partial charge in [0.05, 0.1) is 22.2 Å². The molecule has 2 aromatic carbocycles. The van der Waals surface area contributed by atoms with Crippen molar-refractivity contribution in [1.82, 2.24) is 0 Å². The van der Waals surface area contributed by atoms with Gasteiger partial charge in [0.15, 0.2) is 0 Å². The lowest BCUT2D eigenvalue weighted by atomic mass is 9.84. The molecule has 0 saturated carbocycles. The number of sulfonamides is 1. The van der Waals surface area contributed by atoms with Gasteiger partial charge in [0, 0.05) is 6.42 Å². The smallest absolute Gasteiger partial charge is 0.340 e. The van der Waals surface area contributed by atoms with E-state index in [9.17, 15) is 18.3 Å². The molecule has 1 N–H and O–H groups in total. The summed E-state index contributed by atoms with van der Waals surface area (Å²) in [5.41, 5.74) is -0.313. The second-order valence-electron chi connectivity index (χ2n) is 8.48. The maximum Gasteiger partial charge on any atom is 0.340 e.